The summed E-state index contributed by atoms with van der Waals surface area (Å²) in [6, 6.07) is 0.719. The first-order chi connectivity index (χ1) is 9.73. The Labute approximate surface area is 122 Å². The predicted molar refractivity (Wildman–Crippen MR) is 75.4 cm³/mol. The van der Waals surface area contributed by atoms with Gasteiger partial charge in [0.25, 0.3) is 5.91 Å². The van der Waals surface area contributed by atoms with Crippen LogP contribution < -0.4 is 10.6 Å². The number of aromatic nitrogens is 1. The highest BCUT2D eigenvalue weighted by molar-refractivity contribution is 5.99. The van der Waals surface area contributed by atoms with Crippen LogP contribution in [0.25, 0.3) is 0 Å². The van der Waals surface area contributed by atoms with Crippen molar-refractivity contribution >= 4 is 11.6 Å². The lowest BCUT2D eigenvalue weighted by atomic mass is 10.1. The molecule has 7 heteroatoms. The summed E-state index contributed by atoms with van der Waals surface area (Å²) in [5.41, 5.74) is 1.57. The molecule has 4 nitrogen and oxygen atoms in total. The summed E-state index contributed by atoms with van der Waals surface area (Å²) in [6.07, 6.45) is -3.12. The van der Waals surface area contributed by atoms with Crippen molar-refractivity contribution in [2.45, 2.75) is 45.8 Å². The number of amides is 1. The topological polar surface area (TPSA) is 54.0 Å². The average Bonchev–Trinajstić information content (AvgIpc) is 2.33. The molecule has 21 heavy (non-hydrogen) atoms. The summed E-state index contributed by atoms with van der Waals surface area (Å²) >= 11 is 0. The Hall–Kier alpha value is -1.79. The predicted octanol–water partition coefficient (Wildman–Crippen LogP) is 3.28. The molecule has 1 aromatic heterocycles. The third-order valence-electron chi connectivity index (χ3n) is 2.77. The van der Waals surface area contributed by atoms with Crippen LogP contribution in [0, 0.1) is 6.92 Å². The number of alkyl halides is 3. The van der Waals surface area contributed by atoms with E-state index in [4.69, 9.17) is 0 Å². The number of carbonyl (C=O) groups is 1. The molecule has 1 rings (SSSR count). The van der Waals surface area contributed by atoms with E-state index in [1.165, 1.54) is 13.1 Å². The first kappa shape index (κ1) is 17.3. The first-order valence-corrected chi connectivity index (χ1v) is 6.81. The number of halogens is 3. The van der Waals surface area contributed by atoms with Gasteiger partial charge in [0.05, 0.1) is 17.7 Å². The summed E-state index contributed by atoms with van der Waals surface area (Å²) < 4.78 is 36.8. The van der Waals surface area contributed by atoms with Crippen molar-refractivity contribution in [2.24, 2.45) is 0 Å². The van der Waals surface area contributed by atoms with Crippen molar-refractivity contribution in [3.05, 3.63) is 23.5 Å². The van der Waals surface area contributed by atoms with Gasteiger partial charge in [0, 0.05) is 24.5 Å². The Morgan fingerprint density at radius 3 is 2.67 bits per heavy atom. The SMILES string of the molecule is CCCNc1cc(C)ncc1C(=O)NC(C)CC(F)(F)F. The number of carbonyl (C=O) groups excluding carboxylic acids is 1. The van der Waals surface area contributed by atoms with Crippen molar-refractivity contribution in [1.29, 1.82) is 0 Å². The molecule has 0 aliphatic rings. The summed E-state index contributed by atoms with van der Waals surface area (Å²) in [5, 5.41) is 5.43. The van der Waals surface area contributed by atoms with Crippen LogP contribution in [0.2, 0.25) is 0 Å². The lowest BCUT2D eigenvalue weighted by molar-refractivity contribution is -0.138. The maximum Gasteiger partial charge on any atom is 0.391 e. The third-order valence-corrected chi connectivity index (χ3v) is 2.77. The second-order valence-corrected chi connectivity index (χ2v) is 4.99. The molecule has 0 aliphatic carbocycles. The Balaban J connectivity index is 2.81. The number of aryl methyl sites for hydroxylation is 1. The fourth-order valence-electron chi connectivity index (χ4n) is 1.85. The summed E-state index contributed by atoms with van der Waals surface area (Å²) in [7, 11) is 0. The van der Waals surface area contributed by atoms with E-state index in [0.29, 0.717) is 12.2 Å². The molecule has 0 fully saturated rings. The molecule has 0 radical (unpaired) electrons. The average molecular weight is 303 g/mol. The van der Waals surface area contributed by atoms with Crippen LogP contribution in [0.3, 0.4) is 0 Å². The Kier molecular flexibility index (Phi) is 5.99. The summed E-state index contributed by atoms with van der Waals surface area (Å²) in [4.78, 5) is 16.1. The fraction of sp³-hybridized carbons (Fsp3) is 0.571. The van der Waals surface area contributed by atoms with E-state index >= 15 is 0 Å². The Morgan fingerprint density at radius 1 is 1.43 bits per heavy atom. The van der Waals surface area contributed by atoms with Gasteiger partial charge in [-0.05, 0) is 26.3 Å². The molecule has 1 heterocycles. The highest BCUT2D eigenvalue weighted by Gasteiger charge is 2.30. The molecule has 118 valence electrons. The molecule has 0 aromatic carbocycles. The zero-order chi connectivity index (χ0) is 16.0. The Bertz CT molecular complexity index is 489. The molecular formula is C14H20F3N3O. The first-order valence-electron chi connectivity index (χ1n) is 6.81. The molecule has 0 saturated heterocycles. The highest BCUT2D eigenvalue weighted by atomic mass is 19.4. The molecule has 0 bridgehead atoms. The van der Waals surface area contributed by atoms with E-state index < -0.39 is 24.5 Å². The fourth-order valence-corrected chi connectivity index (χ4v) is 1.85. The third kappa shape index (κ3) is 6.01. The van der Waals surface area contributed by atoms with Gasteiger partial charge in [0.1, 0.15) is 0 Å². The largest absolute Gasteiger partial charge is 0.391 e. The van der Waals surface area contributed by atoms with Gasteiger partial charge in [0.2, 0.25) is 0 Å². The van der Waals surface area contributed by atoms with E-state index in [1.54, 1.807) is 13.0 Å². The molecule has 0 spiro atoms. The van der Waals surface area contributed by atoms with Crippen molar-refractivity contribution in [1.82, 2.24) is 10.3 Å². The number of hydrogen-bond acceptors (Lipinski definition) is 3. The van der Waals surface area contributed by atoms with Crippen molar-refractivity contribution < 1.29 is 18.0 Å². The van der Waals surface area contributed by atoms with Crippen LogP contribution in [-0.2, 0) is 0 Å². The van der Waals surface area contributed by atoms with E-state index in [9.17, 15) is 18.0 Å². The molecule has 0 saturated carbocycles. The van der Waals surface area contributed by atoms with E-state index in [2.05, 4.69) is 15.6 Å². The van der Waals surface area contributed by atoms with Crippen LogP contribution in [0.4, 0.5) is 18.9 Å². The van der Waals surface area contributed by atoms with Crippen LogP contribution in [0.5, 0.6) is 0 Å². The number of hydrogen-bond donors (Lipinski definition) is 2. The number of pyridine rings is 1. The molecule has 1 aromatic rings. The Morgan fingerprint density at radius 2 is 2.10 bits per heavy atom. The van der Waals surface area contributed by atoms with Gasteiger partial charge in [0.15, 0.2) is 0 Å². The summed E-state index contributed by atoms with van der Waals surface area (Å²) in [5.74, 6) is -0.558. The van der Waals surface area contributed by atoms with Gasteiger partial charge < -0.3 is 10.6 Å². The van der Waals surface area contributed by atoms with Gasteiger partial charge in [-0.25, -0.2) is 0 Å². The van der Waals surface area contributed by atoms with Gasteiger partial charge in [-0.2, -0.15) is 13.2 Å². The number of rotatable bonds is 6. The smallest absolute Gasteiger partial charge is 0.384 e. The second-order valence-electron chi connectivity index (χ2n) is 4.99. The summed E-state index contributed by atoms with van der Waals surface area (Å²) in [6.45, 7) is 5.76. The van der Waals surface area contributed by atoms with Crippen LogP contribution in [0.15, 0.2) is 12.3 Å². The van der Waals surface area contributed by atoms with Gasteiger partial charge in [-0.3, -0.25) is 9.78 Å². The van der Waals surface area contributed by atoms with E-state index in [-0.39, 0.29) is 5.56 Å². The van der Waals surface area contributed by atoms with E-state index in [0.717, 1.165) is 12.1 Å². The van der Waals surface area contributed by atoms with Gasteiger partial charge in [-0.1, -0.05) is 6.92 Å². The van der Waals surface area contributed by atoms with Crippen LogP contribution in [-0.4, -0.2) is 29.7 Å². The van der Waals surface area contributed by atoms with Crippen molar-refractivity contribution in [3.8, 4) is 0 Å². The van der Waals surface area contributed by atoms with Crippen LogP contribution in [0.1, 0.15) is 42.7 Å². The number of nitrogens with zero attached hydrogens (tertiary/aromatic N) is 1. The van der Waals surface area contributed by atoms with Gasteiger partial charge >= 0.3 is 6.18 Å². The lowest BCUT2D eigenvalue weighted by Gasteiger charge is -2.17. The monoisotopic (exact) mass is 303 g/mol. The zero-order valence-corrected chi connectivity index (χ0v) is 12.3. The molecule has 0 aliphatic heterocycles. The lowest BCUT2D eigenvalue weighted by Crippen LogP contribution is -2.36. The number of anilines is 1. The number of nitrogens with one attached hydrogen (secondary N) is 2. The van der Waals surface area contributed by atoms with Crippen molar-refractivity contribution in [2.75, 3.05) is 11.9 Å². The molecular weight excluding hydrogens is 283 g/mol. The standard InChI is InChI=1S/C14H20F3N3O/c1-4-5-18-12-6-9(2)19-8-11(12)13(21)20-10(3)7-14(15,16)17/h6,8,10H,4-5,7H2,1-3H3,(H,18,19)(H,20,21). The van der Waals surface area contributed by atoms with Gasteiger partial charge in [-0.15, -0.1) is 0 Å². The normalized spacial score (nSPS) is 12.9. The quantitative estimate of drug-likeness (QED) is 0.848. The van der Waals surface area contributed by atoms with Crippen LogP contribution >= 0.6 is 0 Å². The minimum absolute atomic E-state index is 0.253. The maximum absolute atomic E-state index is 12.3. The molecule has 1 amide bonds. The molecule has 1 unspecified atom stereocenters. The molecule has 2 N–H and O–H groups in total. The van der Waals surface area contributed by atoms with Crippen molar-refractivity contribution in [3.63, 3.8) is 0 Å². The van der Waals surface area contributed by atoms with E-state index in [1.807, 2.05) is 6.92 Å². The maximum atomic E-state index is 12.3. The second kappa shape index (κ2) is 7.28. The minimum atomic E-state index is -4.30. The zero-order valence-electron chi connectivity index (χ0n) is 12.3. The highest BCUT2D eigenvalue weighted by Crippen LogP contribution is 2.22. The minimum Gasteiger partial charge on any atom is -0.384 e. The molecule has 1 atom stereocenters.